The average Bonchev–Trinajstić information content (AvgIpc) is 2.84. The summed E-state index contributed by atoms with van der Waals surface area (Å²) >= 11 is 9.82. The van der Waals surface area contributed by atoms with E-state index in [0.717, 1.165) is 31.7 Å². The van der Waals surface area contributed by atoms with Gasteiger partial charge in [0.15, 0.2) is 11.3 Å². The Morgan fingerprint density at radius 3 is 2.54 bits per heavy atom. The van der Waals surface area contributed by atoms with E-state index in [4.69, 9.17) is 25.5 Å². The van der Waals surface area contributed by atoms with Crippen molar-refractivity contribution in [2.24, 2.45) is 0 Å². The second-order valence-electron chi connectivity index (χ2n) is 8.38. The average molecular weight is 565 g/mol. The van der Waals surface area contributed by atoms with Crippen molar-refractivity contribution in [2.45, 2.75) is 6.54 Å². The van der Waals surface area contributed by atoms with Gasteiger partial charge >= 0.3 is 0 Å². The first-order valence-electron chi connectivity index (χ1n) is 11.2. The first-order valence-corrected chi connectivity index (χ1v) is 12.3. The van der Waals surface area contributed by atoms with E-state index in [9.17, 15) is 9.59 Å². The quantitative estimate of drug-likeness (QED) is 0.468. The second-order valence-corrected chi connectivity index (χ2v) is 9.65. The molecule has 10 heteroatoms. The summed E-state index contributed by atoms with van der Waals surface area (Å²) in [5.41, 5.74) is 1.53. The summed E-state index contributed by atoms with van der Waals surface area (Å²) in [5, 5.41) is 3.95. The zero-order chi connectivity index (χ0) is 25.1. The smallest absolute Gasteiger partial charge is 0.236 e. The number of carbonyl (C=O) groups is 1. The fourth-order valence-corrected chi connectivity index (χ4v) is 4.91. The number of fused-ring (bicyclic) bond motifs is 1. The molecule has 0 radical (unpaired) electrons. The van der Waals surface area contributed by atoms with E-state index in [0.29, 0.717) is 38.3 Å². The van der Waals surface area contributed by atoms with Crippen LogP contribution in [0.3, 0.4) is 0 Å². The lowest BCUT2D eigenvalue weighted by Gasteiger charge is -2.32. The molecule has 1 aromatic heterocycles. The molecule has 1 N–H and O–H groups in total. The number of benzene rings is 2. The molecule has 0 saturated carbocycles. The van der Waals surface area contributed by atoms with Crippen molar-refractivity contribution in [3.8, 4) is 22.8 Å². The van der Waals surface area contributed by atoms with Crippen molar-refractivity contribution >= 4 is 44.4 Å². The standard InChI is InChI=1S/C25H27BrClN3O5/c1-29-6-8-30(9-7-29)21(31)14-28-13-15-10-17-22(32)25(34-3)23(35-24(17)18(26)11-15)16-4-5-20(33-2)19(27)12-16/h4-5,10-12,28H,6-9,13-14H2,1-3H3. The van der Waals surface area contributed by atoms with Crippen molar-refractivity contribution in [2.75, 3.05) is 54.0 Å². The molecule has 1 fully saturated rings. The number of methoxy groups -OCH3 is 2. The van der Waals surface area contributed by atoms with Gasteiger partial charge in [-0.2, -0.15) is 0 Å². The summed E-state index contributed by atoms with van der Waals surface area (Å²) in [6, 6.07) is 8.74. The van der Waals surface area contributed by atoms with Crippen LogP contribution in [0.5, 0.6) is 11.5 Å². The van der Waals surface area contributed by atoms with Crippen LogP contribution in [0, 0.1) is 0 Å². The molecule has 2 aromatic carbocycles. The van der Waals surface area contributed by atoms with Gasteiger partial charge in [-0.3, -0.25) is 9.59 Å². The van der Waals surface area contributed by atoms with E-state index in [2.05, 4.69) is 33.2 Å². The topological polar surface area (TPSA) is 84.3 Å². The van der Waals surface area contributed by atoms with Gasteiger partial charge in [0.1, 0.15) is 5.75 Å². The Kier molecular flexibility index (Phi) is 8.01. The highest BCUT2D eigenvalue weighted by molar-refractivity contribution is 9.10. The molecule has 0 bridgehead atoms. The first kappa shape index (κ1) is 25.5. The molecule has 3 aromatic rings. The molecule has 4 rings (SSSR count). The summed E-state index contributed by atoms with van der Waals surface area (Å²) < 4.78 is 17.4. The lowest BCUT2D eigenvalue weighted by Crippen LogP contribution is -2.49. The number of ether oxygens (including phenoxy) is 2. The Morgan fingerprint density at radius 2 is 1.89 bits per heavy atom. The summed E-state index contributed by atoms with van der Waals surface area (Å²) in [4.78, 5) is 29.9. The third kappa shape index (κ3) is 5.48. The lowest BCUT2D eigenvalue weighted by atomic mass is 10.1. The molecule has 1 aliphatic rings. The minimum absolute atomic E-state index is 0.0712. The Morgan fingerprint density at radius 1 is 1.14 bits per heavy atom. The van der Waals surface area contributed by atoms with Gasteiger partial charge in [0.25, 0.3) is 0 Å². The van der Waals surface area contributed by atoms with E-state index < -0.39 is 0 Å². The molecule has 186 valence electrons. The lowest BCUT2D eigenvalue weighted by molar-refractivity contribution is -0.131. The molecule has 1 amide bonds. The summed E-state index contributed by atoms with van der Waals surface area (Å²) in [6.45, 7) is 3.89. The summed E-state index contributed by atoms with van der Waals surface area (Å²) in [6.07, 6.45) is 0. The van der Waals surface area contributed by atoms with Crippen LogP contribution in [-0.2, 0) is 11.3 Å². The van der Waals surface area contributed by atoms with E-state index in [1.807, 2.05) is 11.0 Å². The number of likely N-dealkylation sites (N-methyl/N-ethyl adjacent to an activating group) is 1. The molecule has 1 aliphatic heterocycles. The summed E-state index contributed by atoms with van der Waals surface area (Å²) in [5.74, 6) is 0.948. The van der Waals surface area contributed by atoms with Crippen molar-refractivity contribution in [1.82, 2.24) is 15.1 Å². The van der Waals surface area contributed by atoms with E-state index >= 15 is 0 Å². The molecule has 2 heterocycles. The van der Waals surface area contributed by atoms with Crippen LogP contribution in [0.1, 0.15) is 5.56 Å². The highest BCUT2D eigenvalue weighted by atomic mass is 79.9. The molecule has 0 atom stereocenters. The minimum atomic E-state index is -0.299. The van der Waals surface area contributed by atoms with Crippen LogP contribution in [0.2, 0.25) is 5.02 Å². The van der Waals surface area contributed by atoms with Crippen LogP contribution < -0.4 is 20.2 Å². The second kappa shape index (κ2) is 11.0. The maximum absolute atomic E-state index is 13.3. The van der Waals surface area contributed by atoms with Crippen LogP contribution in [-0.4, -0.2) is 69.7 Å². The maximum Gasteiger partial charge on any atom is 0.236 e. The number of amides is 1. The number of hydrogen-bond acceptors (Lipinski definition) is 7. The van der Waals surface area contributed by atoms with E-state index in [1.54, 1.807) is 24.3 Å². The molecular formula is C25H27BrClN3O5. The fourth-order valence-electron chi connectivity index (χ4n) is 4.06. The third-order valence-electron chi connectivity index (χ3n) is 6.04. The van der Waals surface area contributed by atoms with Crippen LogP contribution in [0.25, 0.3) is 22.3 Å². The number of piperazine rings is 1. The molecule has 8 nitrogen and oxygen atoms in total. The third-order valence-corrected chi connectivity index (χ3v) is 6.93. The Labute approximate surface area is 216 Å². The zero-order valence-electron chi connectivity index (χ0n) is 19.8. The maximum atomic E-state index is 13.3. The van der Waals surface area contributed by atoms with Crippen LogP contribution in [0.4, 0.5) is 0 Å². The molecule has 0 spiro atoms. The number of halogens is 2. The van der Waals surface area contributed by atoms with Gasteiger partial charge in [0, 0.05) is 38.3 Å². The van der Waals surface area contributed by atoms with Gasteiger partial charge in [-0.15, -0.1) is 0 Å². The van der Waals surface area contributed by atoms with E-state index in [-0.39, 0.29) is 29.4 Å². The van der Waals surface area contributed by atoms with Gasteiger partial charge in [-0.1, -0.05) is 11.6 Å². The first-order chi connectivity index (χ1) is 16.8. The largest absolute Gasteiger partial charge is 0.495 e. The minimum Gasteiger partial charge on any atom is -0.495 e. The van der Waals surface area contributed by atoms with Gasteiger partial charge < -0.3 is 29.0 Å². The van der Waals surface area contributed by atoms with Crippen molar-refractivity contribution in [3.63, 3.8) is 0 Å². The van der Waals surface area contributed by atoms with Gasteiger partial charge in [0.05, 0.1) is 35.6 Å². The number of nitrogens with one attached hydrogen (secondary N) is 1. The predicted molar refractivity (Wildman–Crippen MR) is 140 cm³/mol. The number of nitrogens with zero attached hydrogens (tertiary/aromatic N) is 2. The highest BCUT2D eigenvalue weighted by Gasteiger charge is 2.21. The van der Waals surface area contributed by atoms with Crippen molar-refractivity contribution in [3.05, 3.63) is 55.6 Å². The fraction of sp³-hybridized carbons (Fsp3) is 0.360. The predicted octanol–water partition coefficient (Wildman–Crippen LogP) is 3.76. The monoisotopic (exact) mass is 563 g/mol. The van der Waals surface area contributed by atoms with Gasteiger partial charge in [0.2, 0.25) is 17.1 Å². The van der Waals surface area contributed by atoms with Crippen molar-refractivity contribution in [1.29, 1.82) is 0 Å². The van der Waals surface area contributed by atoms with Crippen LogP contribution >= 0.6 is 27.5 Å². The molecule has 0 aliphatic carbocycles. The summed E-state index contributed by atoms with van der Waals surface area (Å²) in [7, 11) is 5.01. The normalized spacial score (nSPS) is 14.4. The van der Waals surface area contributed by atoms with Gasteiger partial charge in [-0.05, 0) is 58.9 Å². The highest BCUT2D eigenvalue weighted by Crippen LogP contribution is 2.37. The van der Waals surface area contributed by atoms with Gasteiger partial charge in [-0.25, -0.2) is 0 Å². The Hall–Kier alpha value is -2.59. The van der Waals surface area contributed by atoms with Crippen molar-refractivity contribution < 1.29 is 18.7 Å². The Bertz CT molecular complexity index is 1300. The SMILES string of the molecule is COc1ccc(-c2oc3c(Br)cc(CNCC(=O)N4CCN(C)CC4)cc3c(=O)c2OC)cc1Cl. The van der Waals surface area contributed by atoms with Crippen LogP contribution in [0.15, 0.2) is 44.0 Å². The molecule has 0 unspecified atom stereocenters. The van der Waals surface area contributed by atoms with E-state index in [1.165, 1.54) is 14.2 Å². The Balaban J connectivity index is 1.58. The molecular weight excluding hydrogens is 538 g/mol. The molecule has 1 saturated heterocycles. The molecule has 35 heavy (non-hydrogen) atoms. The number of hydrogen-bond donors (Lipinski definition) is 1. The number of rotatable bonds is 7. The zero-order valence-corrected chi connectivity index (χ0v) is 22.2. The number of carbonyl (C=O) groups excluding carboxylic acids is 1.